The van der Waals surface area contributed by atoms with Gasteiger partial charge in [0.05, 0.1) is 41.5 Å². The average Bonchev–Trinajstić information content (AvgIpc) is 3.62. The second kappa shape index (κ2) is 15.9. The molecular formula is C40H44F4N6O4S. The van der Waals surface area contributed by atoms with Gasteiger partial charge in [0.2, 0.25) is 11.8 Å². The molecule has 2 aliphatic heterocycles. The Morgan fingerprint density at radius 2 is 1.78 bits per heavy atom. The molecular weight excluding hydrogens is 737 g/mol. The molecule has 0 radical (unpaired) electrons. The number of likely N-dealkylation sites (tertiary alicyclic amines) is 1. The average molecular weight is 781 g/mol. The first-order valence-corrected chi connectivity index (χ1v) is 18.5. The van der Waals surface area contributed by atoms with Crippen molar-refractivity contribution in [2.75, 3.05) is 23.0 Å². The third-order valence-corrected chi connectivity index (χ3v) is 10.3. The predicted molar refractivity (Wildman–Crippen MR) is 204 cm³/mol. The van der Waals surface area contributed by atoms with Crippen LogP contribution in [0.25, 0.3) is 11.3 Å². The first kappa shape index (κ1) is 41.1. The molecule has 3 heterocycles. The maximum atomic E-state index is 15.4. The van der Waals surface area contributed by atoms with Gasteiger partial charge in [-0.2, -0.15) is 18.4 Å². The monoisotopic (exact) mass is 780 g/mol. The molecule has 1 N–H and O–H groups in total. The molecule has 2 fully saturated rings. The summed E-state index contributed by atoms with van der Waals surface area (Å²) in [6.07, 6.45) is -0.286. The number of nitrogens with one attached hydrogen (secondary N) is 1. The van der Waals surface area contributed by atoms with Gasteiger partial charge in [0, 0.05) is 24.6 Å². The number of aromatic nitrogens is 1. The van der Waals surface area contributed by atoms with Gasteiger partial charge >= 0.3 is 6.18 Å². The number of benzene rings is 2. The van der Waals surface area contributed by atoms with Crippen molar-refractivity contribution in [3.63, 3.8) is 0 Å². The summed E-state index contributed by atoms with van der Waals surface area (Å²) < 4.78 is 62.3. The van der Waals surface area contributed by atoms with Crippen molar-refractivity contribution in [1.82, 2.24) is 15.2 Å². The van der Waals surface area contributed by atoms with E-state index in [0.717, 1.165) is 30.5 Å². The molecule has 2 saturated heterocycles. The molecule has 15 heteroatoms. The Kier molecular flexibility index (Phi) is 11.9. The van der Waals surface area contributed by atoms with E-state index in [1.165, 1.54) is 31.0 Å². The lowest BCUT2D eigenvalue weighted by atomic mass is 9.85. The fourth-order valence-electron chi connectivity index (χ4n) is 6.85. The third-order valence-electron chi connectivity index (χ3n) is 9.91. The van der Waals surface area contributed by atoms with Crippen molar-refractivity contribution in [1.29, 1.82) is 5.26 Å². The Labute approximate surface area is 323 Å². The van der Waals surface area contributed by atoms with Crippen LogP contribution in [0.15, 0.2) is 54.7 Å². The molecule has 10 nitrogen and oxygen atoms in total. The fraction of sp³-hybridized carbons (Fsp3) is 0.450. The van der Waals surface area contributed by atoms with Crippen LogP contribution in [-0.4, -0.2) is 63.5 Å². The molecule has 2 aromatic carbocycles. The molecule has 2 unspecified atom stereocenters. The van der Waals surface area contributed by atoms with Crippen LogP contribution in [0.1, 0.15) is 84.8 Å². The molecule has 55 heavy (non-hydrogen) atoms. The lowest BCUT2D eigenvalue weighted by molar-refractivity contribution is -0.140. The van der Waals surface area contributed by atoms with E-state index in [2.05, 4.69) is 10.3 Å². The Morgan fingerprint density at radius 3 is 2.35 bits per heavy atom. The highest BCUT2D eigenvalue weighted by atomic mass is 32.1. The van der Waals surface area contributed by atoms with E-state index in [1.54, 1.807) is 24.3 Å². The summed E-state index contributed by atoms with van der Waals surface area (Å²) in [6.45, 7) is 12.0. The maximum Gasteiger partial charge on any atom is 0.420 e. The van der Waals surface area contributed by atoms with E-state index in [4.69, 9.17) is 22.2 Å². The number of alkyl halides is 3. The highest BCUT2D eigenvalue weighted by molar-refractivity contribution is 7.81. The van der Waals surface area contributed by atoms with Gasteiger partial charge < -0.3 is 19.9 Å². The highest BCUT2D eigenvalue weighted by Crippen LogP contribution is 2.42. The molecule has 0 saturated carbocycles. The maximum absolute atomic E-state index is 15.4. The zero-order chi connectivity index (χ0) is 40.5. The lowest BCUT2D eigenvalue weighted by Crippen LogP contribution is -2.55. The summed E-state index contributed by atoms with van der Waals surface area (Å²) in [5, 5.41) is 11.9. The molecule has 292 valence electrons. The van der Waals surface area contributed by atoms with Gasteiger partial charge in [-0.15, -0.1) is 0 Å². The Bertz CT molecular complexity index is 1990. The van der Waals surface area contributed by atoms with Crippen LogP contribution in [0.2, 0.25) is 0 Å². The fourth-order valence-corrected chi connectivity index (χ4v) is 7.36. The van der Waals surface area contributed by atoms with Gasteiger partial charge in [0.1, 0.15) is 22.9 Å². The van der Waals surface area contributed by atoms with Gasteiger partial charge in [-0.05, 0) is 113 Å². The number of nitrogens with zero attached hydrogens (tertiary/aromatic N) is 5. The normalized spacial score (nSPS) is 17.7. The second-order valence-corrected chi connectivity index (χ2v) is 15.7. The molecule has 1 aromatic heterocycles. The van der Waals surface area contributed by atoms with E-state index in [-0.39, 0.29) is 29.4 Å². The molecule has 3 aromatic rings. The lowest BCUT2D eigenvalue weighted by Gasteiger charge is -2.35. The van der Waals surface area contributed by atoms with Crippen LogP contribution < -0.4 is 19.9 Å². The van der Waals surface area contributed by atoms with Crippen molar-refractivity contribution in [3.8, 4) is 23.1 Å². The molecule has 0 spiro atoms. The van der Waals surface area contributed by atoms with Crippen LogP contribution in [0.5, 0.6) is 5.75 Å². The van der Waals surface area contributed by atoms with Crippen molar-refractivity contribution < 1.29 is 36.7 Å². The summed E-state index contributed by atoms with van der Waals surface area (Å²) >= 11 is 5.52. The van der Waals surface area contributed by atoms with Crippen LogP contribution in [0.3, 0.4) is 0 Å². The number of anilines is 2. The zero-order valence-corrected chi connectivity index (χ0v) is 32.4. The SMILES string of the molecule is CC1CCCN1C(=O)C(NC(=O)CCCCOc1ccc(-c2ccc(N3C(=S)N(c4ccc(C#N)c(C(F)(F)F)c4F)C(=O)C3(C)C)cn2)cc1)C(C)(C)C. The minimum Gasteiger partial charge on any atom is -0.494 e. The van der Waals surface area contributed by atoms with Gasteiger partial charge in [-0.3, -0.25) is 24.3 Å². The van der Waals surface area contributed by atoms with E-state index in [1.807, 2.05) is 44.7 Å². The van der Waals surface area contributed by atoms with Crippen LogP contribution in [-0.2, 0) is 20.6 Å². The standard InChI is InChI=1S/C40H44F4N6O4S/c1-24-10-9-20-48(24)35(52)34(38(2,3)4)47-31(51)11-7-8-21-54-28-16-12-25(13-17-28)29-18-15-27(23-46-29)50-37(55)49(36(53)39(50,5)6)30-19-14-26(22-45)32(33(30)41)40(42,43)44/h12-19,23-24,34H,7-11,20-21H2,1-6H3,(H,47,51). The number of hydrogen-bond donors (Lipinski definition) is 1. The molecule has 2 atom stereocenters. The summed E-state index contributed by atoms with van der Waals surface area (Å²) in [7, 11) is 0. The minimum absolute atomic E-state index is 0.0289. The van der Waals surface area contributed by atoms with Crippen LogP contribution >= 0.6 is 12.2 Å². The van der Waals surface area contributed by atoms with E-state index < -0.39 is 51.7 Å². The van der Waals surface area contributed by atoms with Crippen LogP contribution in [0.4, 0.5) is 28.9 Å². The summed E-state index contributed by atoms with van der Waals surface area (Å²) in [5.74, 6) is -2.10. The number of halogens is 4. The summed E-state index contributed by atoms with van der Waals surface area (Å²) in [5.41, 5.74) is -3.54. The van der Waals surface area contributed by atoms with Gasteiger partial charge in [-0.25, -0.2) is 4.39 Å². The topological polar surface area (TPSA) is 119 Å². The first-order chi connectivity index (χ1) is 25.8. The minimum atomic E-state index is -5.18. The molecule has 0 bridgehead atoms. The number of rotatable bonds is 11. The Hall–Kier alpha value is -5.10. The molecule has 5 rings (SSSR count). The smallest absolute Gasteiger partial charge is 0.420 e. The number of ether oxygens (including phenoxy) is 1. The van der Waals surface area contributed by atoms with E-state index in [9.17, 15) is 27.6 Å². The largest absolute Gasteiger partial charge is 0.494 e. The molecule has 0 aliphatic carbocycles. The van der Waals surface area contributed by atoms with Gasteiger partial charge in [0.15, 0.2) is 10.9 Å². The van der Waals surface area contributed by atoms with Crippen molar-refractivity contribution in [3.05, 3.63) is 71.7 Å². The number of unbranched alkanes of at least 4 members (excludes halogenated alkanes) is 1. The molecule has 3 amide bonds. The number of nitriles is 1. The van der Waals surface area contributed by atoms with Crippen molar-refractivity contribution >= 4 is 46.4 Å². The number of thiocarbonyl (C=S) groups is 1. The first-order valence-electron chi connectivity index (χ1n) is 18.0. The zero-order valence-electron chi connectivity index (χ0n) is 31.6. The number of carbonyl (C=O) groups is 3. The Balaban J connectivity index is 1.17. The number of pyridine rings is 1. The van der Waals surface area contributed by atoms with Crippen molar-refractivity contribution in [2.24, 2.45) is 5.41 Å². The number of hydrogen-bond acceptors (Lipinski definition) is 7. The van der Waals surface area contributed by atoms with Crippen molar-refractivity contribution in [2.45, 2.75) is 97.4 Å². The predicted octanol–water partition coefficient (Wildman–Crippen LogP) is 7.79. The summed E-state index contributed by atoms with van der Waals surface area (Å²) in [6, 6.07) is 13.2. The number of amides is 3. The van der Waals surface area contributed by atoms with E-state index in [0.29, 0.717) is 48.0 Å². The third kappa shape index (κ3) is 8.59. The quantitative estimate of drug-likeness (QED) is 0.119. The molecule has 2 aliphatic rings. The van der Waals surface area contributed by atoms with E-state index >= 15 is 4.39 Å². The summed E-state index contributed by atoms with van der Waals surface area (Å²) in [4.78, 5) is 48.0. The van der Waals surface area contributed by atoms with Crippen LogP contribution in [0, 0.1) is 22.6 Å². The Morgan fingerprint density at radius 1 is 1.09 bits per heavy atom. The number of carbonyl (C=O) groups excluding carboxylic acids is 3. The second-order valence-electron chi connectivity index (χ2n) is 15.4. The van der Waals surface area contributed by atoms with Gasteiger partial charge in [0.25, 0.3) is 5.91 Å². The highest BCUT2D eigenvalue weighted by Gasteiger charge is 2.52. The van der Waals surface area contributed by atoms with Gasteiger partial charge in [-0.1, -0.05) is 20.8 Å².